The van der Waals surface area contributed by atoms with E-state index in [9.17, 15) is 14.7 Å². The first-order valence-corrected chi connectivity index (χ1v) is 8.63. The molecule has 2 aromatic rings. The molecular formula is C20H21NO3S. The Labute approximate surface area is 152 Å². The van der Waals surface area contributed by atoms with Gasteiger partial charge in [0, 0.05) is 6.42 Å². The minimum Gasteiger partial charge on any atom is -0.480 e. The maximum Gasteiger partial charge on any atom is 0.326 e. The van der Waals surface area contributed by atoms with Crippen molar-refractivity contribution in [2.24, 2.45) is 5.92 Å². The van der Waals surface area contributed by atoms with Crippen LogP contribution in [0.1, 0.15) is 17.5 Å². The van der Waals surface area contributed by atoms with E-state index < -0.39 is 17.9 Å². The highest BCUT2D eigenvalue weighted by molar-refractivity contribution is 7.79. The molecule has 5 heteroatoms. The van der Waals surface area contributed by atoms with Gasteiger partial charge < -0.3 is 10.4 Å². The highest BCUT2D eigenvalue weighted by atomic mass is 32.1. The van der Waals surface area contributed by atoms with Gasteiger partial charge in [0.05, 0.1) is 5.92 Å². The van der Waals surface area contributed by atoms with Crippen molar-refractivity contribution in [1.82, 2.24) is 5.32 Å². The van der Waals surface area contributed by atoms with Crippen molar-refractivity contribution in [3.63, 3.8) is 0 Å². The van der Waals surface area contributed by atoms with E-state index in [1.807, 2.05) is 60.7 Å². The molecule has 0 fully saturated rings. The van der Waals surface area contributed by atoms with Crippen molar-refractivity contribution in [2.45, 2.75) is 25.3 Å². The topological polar surface area (TPSA) is 66.4 Å². The second kappa shape index (κ2) is 9.69. The number of thiocarbonyl (C=S) groups is 1. The lowest BCUT2D eigenvalue weighted by Crippen LogP contribution is -2.45. The Hall–Kier alpha value is -2.53. The van der Waals surface area contributed by atoms with Gasteiger partial charge in [0.2, 0.25) is 5.91 Å². The Bertz CT molecular complexity index is 703. The summed E-state index contributed by atoms with van der Waals surface area (Å²) in [6.45, 7) is 0. The molecule has 0 heterocycles. The molecule has 0 aliphatic rings. The lowest BCUT2D eigenvalue weighted by Gasteiger charge is -2.18. The minimum absolute atomic E-state index is 0.241. The maximum absolute atomic E-state index is 12.4. The summed E-state index contributed by atoms with van der Waals surface area (Å²) in [5.41, 5.74) is 1.98. The number of nitrogens with one attached hydrogen (secondary N) is 1. The van der Waals surface area contributed by atoms with Crippen molar-refractivity contribution in [2.75, 3.05) is 0 Å². The largest absolute Gasteiger partial charge is 0.480 e. The van der Waals surface area contributed by atoms with Crippen LogP contribution in [-0.4, -0.2) is 28.4 Å². The summed E-state index contributed by atoms with van der Waals surface area (Å²) >= 11 is 4.98. The first kappa shape index (κ1) is 18.8. The Morgan fingerprint density at radius 2 is 1.56 bits per heavy atom. The van der Waals surface area contributed by atoms with Gasteiger partial charge in [-0.25, -0.2) is 4.79 Å². The summed E-state index contributed by atoms with van der Waals surface area (Å²) < 4.78 is 0. The van der Waals surface area contributed by atoms with Gasteiger partial charge in [-0.15, -0.1) is 0 Å². The van der Waals surface area contributed by atoms with E-state index in [0.29, 0.717) is 12.8 Å². The Kier molecular flexibility index (Phi) is 7.29. The van der Waals surface area contributed by atoms with Gasteiger partial charge in [0.25, 0.3) is 0 Å². The number of carbonyl (C=O) groups is 2. The van der Waals surface area contributed by atoms with E-state index in [1.165, 1.54) is 5.37 Å². The predicted octanol–water partition coefficient (Wildman–Crippen LogP) is 3.05. The monoisotopic (exact) mass is 355 g/mol. The normalized spacial score (nSPS) is 12.8. The summed E-state index contributed by atoms with van der Waals surface area (Å²) in [5, 5.41) is 13.4. The van der Waals surface area contributed by atoms with Crippen LogP contribution in [0.3, 0.4) is 0 Å². The van der Waals surface area contributed by atoms with E-state index in [4.69, 9.17) is 12.2 Å². The number of carboxylic acid groups (broad SMARTS) is 1. The van der Waals surface area contributed by atoms with Crippen LogP contribution in [0.4, 0.5) is 0 Å². The van der Waals surface area contributed by atoms with Gasteiger partial charge in [-0.1, -0.05) is 72.9 Å². The fourth-order valence-corrected chi connectivity index (χ4v) is 2.82. The smallest absolute Gasteiger partial charge is 0.326 e. The van der Waals surface area contributed by atoms with E-state index in [1.54, 1.807) is 0 Å². The number of carboxylic acids is 1. The van der Waals surface area contributed by atoms with Gasteiger partial charge in [-0.2, -0.15) is 0 Å². The van der Waals surface area contributed by atoms with Crippen LogP contribution < -0.4 is 5.32 Å². The standard InChI is InChI=1S/C20H21NO3S/c22-19(17(14-25)12-11-15-7-3-1-4-8-15)21-18(20(23)24)13-16-9-5-2-6-10-16/h1-10,14,17-18H,11-13H2,(H,21,22)(H,23,24)/t17?,18-/m0/s1. The fraction of sp³-hybridized carbons (Fsp3) is 0.250. The lowest BCUT2D eigenvalue weighted by molar-refractivity contribution is -0.142. The Morgan fingerprint density at radius 1 is 1.00 bits per heavy atom. The van der Waals surface area contributed by atoms with Gasteiger partial charge >= 0.3 is 5.97 Å². The summed E-state index contributed by atoms with van der Waals surface area (Å²) in [5.74, 6) is -1.88. The molecule has 1 unspecified atom stereocenters. The fourth-order valence-electron chi connectivity index (χ4n) is 2.56. The number of hydrogen-bond acceptors (Lipinski definition) is 3. The zero-order chi connectivity index (χ0) is 18.1. The molecule has 0 saturated carbocycles. The second-order valence-corrected chi connectivity index (χ2v) is 6.13. The molecule has 25 heavy (non-hydrogen) atoms. The van der Waals surface area contributed by atoms with Crippen LogP contribution in [0.5, 0.6) is 0 Å². The van der Waals surface area contributed by atoms with E-state index >= 15 is 0 Å². The van der Waals surface area contributed by atoms with Crippen LogP contribution in [-0.2, 0) is 22.4 Å². The van der Waals surface area contributed by atoms with Crippen LogP contribution in [0.25, 0.3) is 0 Å². The van der Waals surface area contributed by atoms with Crippen molar-refractivity contribution in [3.8, 4) is 0 Å². The van der Waals surface area contributed by atoms with Crippen molar-refractivity contribution in [3.05, 3.63) is 71.8 Å². The highest BCUT2D eigenvalue weighted by Crippen LogP contribution is 2.10. The maximum atomic E-state index is 12.4. The third-order valence-electron chi connectivity index (χ3n) is 3.99. The predicted molar refractivity (Wildman–Crippen MR) is 102 cm³/mol. The molecular weight excluding hydrogens is 334 g/mol. The van der Waals surface area contributed by atoms with Gasteiger partial charge in [0.1, 0.15) is 6.04 Å². The highest BCUT2D eigenvalue weighted by Gasteiger charge is 2.24. The average molecular weight is 355 g/mol. The summed E-state index contributed by atoms with van der Waals surface area (Å²) in [7, 11) is 0. The summed E-state index contributed by atoms with van der Waals surface area (Å²) in [6, 6.07) is 18.1. The molecule has 0 bridgehead atoms. The Morgan fingerprint density at radius 3 is 2.08 bits per heavy atom. The zero-order valence-corrected chi connectivity index (χ0v) is 14.6. The molecule has 0 saturated heterocycles. The van der Waals surface area contributed by atoms with Crippen molar-refractivity contribution < 1.29 is 14.7 Å². The quantitative estimate of drug-likeness (QED) is 0.679. The van der Waals surface area contributed by atoms with Gasteiger partial charge in [-0.05, 0) is 29.3 Å². The molecule has 0 radical (unpaired) electrons. The third-order valence-corrected chi connectivity index (χ3v) is 4.31. The second-order valence-electron chi connectivity index (χ2n) is 5.86. The molecule has 2 aromatic carbocycles. The van der Waals surface area contributed by atoms with E-state index in [-0.39, 0.29) is 12.3 Å². The SMILES string of the molecule is O=C(N[C@@H](Cc1ccccc1)C(=O)O)C(C=S)CCc1ccccc1. The van der Waals surface area contributed by atoms with Crippen molar-refractivity contribution in [1.29, 1.82) is 0 Å². The lowest BCUT2D eigenvalue weighted by atomic mass is 9.99. The zero-order valence-electron chi connectivity index (χ0n) is 13.8. The molecule has 1 amide bonds. The van der Waals surface area contributed by atoms with Crippen LogP contribution in [0.2, 0.25) is 0 Å². The van der Waals surface area contributed by atoms with Crippen LogP contribution >= 0.6 is 12.2 Å². The molecule has 2 rings (SSSR count). The van der Waals surface area contributed by atoms with E-state index in [0.717, 1.165) is 11.1 Å². The number of aliphatic carboxylic acids is 1. The number of aryl methyl sites for hydroxylation is 1. The molecule has 0 aliphatic heterocycles. The summed E-state index contributed by atoms with van der Waals surface area (Å²) in [4.78, 5) is 23.9. The molecule has 2 atom stereocenters. The first-order chi connectivity index (χ1) is 12.1. The Balaban J connectivity index is 1.95. The average Bonchev–Trinajstić information content (AvgIpc) is 2.63. The number of benzene rings is 2. The number of amides is 1. The molecule has 0 aliphatic carbocycles. The molecule has 0 aromatic heterocycles. The molecule has 2 N–H and O–H groups in total. The first-order valence-electron chi connectivity index (χ1n) is 8.16. The van der Waals surface area contributed by atoms with Crippen molar-refractivity contribution >= 4 is 29.5 Å². The van der Waals surface area contributed by atoms with Crippen LogP contribution in [0, 0.1) is 5.92 Å². The third kappa shape index (κ3) is 6.12. The number of hydrogen-bond donors (Lipinski definition) is 2. The molecule has 130 valence electrons. The summed E-state index contributed by atoms with van der Waals surface area (Å²) in [6.07, 6.45) is 1.50. The van der Waals surface area contributed by atoms with Crippen LogP contribution in [0.15, 0.2) is 60.7 Å². The van der Waals surface area contributed by atoms with Gasteiger partial charge in [-0.3, -0.25) is 4.79 Å². The number of carbonyl (C=O) groups excluding carboxylic acids is 1. The van der Waals surface area contributed by atoms with E-state index in [2.05, 4.69) is 5.32 Å². The minimum atomic E-state index is -1.05. The number of rotatable bonds is 9. The molecule has 4 nitrogen and oxygen atoms in total. The van der Waals surface area contributed by atoms with Gasteiger partial charge in [0.15, 0.2) is 0 Å². The molecule has 0 spiro atoms.